The maximum atomic E-state index is 12.2. The van der Waals surface area contributed by atoms with Crippen LogP contribution in [-0.2, 0) is 0 Å². The van der Waals surface area contributed by atoms with Crippen LogP contribution in [0, 0.1) is 0 Å². The maximum absolute atomic E-state index is 12.2. The third kappa shape index (κ3) is 11.9. The van der Waals surface area contributed by atoms with E-state index in [0.29, 0.717) is 19.0 Å². The van der Waals surface area contributed by atoms with Gasteiger partial charge in [-0.3, -0.25) is 4.99 Å². The minimum absolute atomic E-state index is 0. The van der Waals surface area contributed by atoms with Gasteiger partial charge >= 0.3 is 6.18 Å². The summed E-state index contributed by atoms with van der Waals surface area (Å²) in [6.45, 7) is 3.85. The summed E-state index contributed by atoms with van der Waals surface area (Å²) in [5.74, 6) is 0.443. The van der Waals surface area contributed by atoms with Crippen LogP contribution in [0.4, 0.5) is 18.9 Å². The van der Waals surface area contributed by atoms with Crippen LogP contribution in [0.2, 0.25) is 0 Å². The van der Waals surface area contributed by atoms with E-state index in [9.17, 15) is 13.2 Å². The number of hydrogen-bond donors (Lipinski definition) is 2. The Kier molecular flexibility index (Phi) is 12.5. The molecule has 0 bridgehead atoms. The Morgan fingerprint density at radius 3 is 2.40 bits per heavy atom. The molecule has 2 N–H and O–H groups in total. The summed E-state index contributed by atoms with van der Waals surface area (Å²) in [4.78, 5) is 6.49. The average molecular weight is 472 g/mol. The van der Waals surface area contributed by atoms with E-state index in [0.717, 1.165) is 19.4 Å². The minimum atomic E-state index is -4.15. The first-order chi connectivity index (χ1) is 11.4. The fourth-order valence-electron chi connectivity index (χ4n) is 2.13. The molecule has 0 fully saturated rings. The van der Waals surface area contributed by atoms with E-state index in [1.165, 1.54) is 5.69 Å². The minimum Gasteiger partial charge on any atom is -0.375 e. The second-order valence-corrected chi connectivity index (χ2v) is 5.52. The highest BCUT2D eigenvalue weighted by Gasteiger charge is 2.26. The topological polar surface area (TPSA) is 39.7 Å². The van der Waals surface area contributed by atoms with Crippen LogP contribution < -0.4 is 15.5 Å². The van der Waals surface area contributed by atoms with Crippen molar-refractivity contribution in [3.05, 3.63) is 30.3 Å². The van der Waals surface area contributed by atoms with Crippen molar-refractivity contribution < 1.29 is 13.2 Å². The molecular formula is C17H28F3IN4. The Morgan fingerprint density at radius 1 is 1.12 bits per heavy atom. The Bertz CT molecular complexity index is 481. The fraction of sp³-hybridized carbons (Fsp3) is 0.588. The lowest BCUT2D eigenvalue weighted by atomic mass is 10.2. The Balaban J connectivity index is 0.00000576. The molecule has 0 spiro atoms. The zero-order valence-electron chi connectivity index (χ0n) is 14.8. The zero-order valence-corrected chi connectivity index (χ0v) is 17.1. The monoisotopic (exact) mass is 472 g/mol. The van der Waals surface area contributed by atoms with Crippen molar-refractivity contribution in [3.8, 4) is 0 Å². The Labute approximate surface area is 165 Å². The van der Waals surface area contributed by atoms with E-state index in [1.54, 1.807) is 0 Å². The van der Waals surface area contributed by atoms with E-state index >= 15 is 0 Å². The van der Waals surface area contributed by atoms with Crippen molar-refractivity contribution in [2.45, 2.75) is 32.4 Å². The van der Waals surface area contributed by atoms with Crippen LogP contribution in [0.5, 0.6) is 0 Å². The molecule has 25 heavy (non-hydrogen) atoms. The predicted octanol–water partition coefficient (Wildman–Crippen LogP) is 4.03. The van der Waals surface area contributed by atoms with E-state index in [2.05, 4.69) is 32.7 Å². The molecule has 4 nitrogen and oxygen atoms in total. The molecule has 0 saturated heterocycles. The number of benzene rings is 1. The van der Waals surface area contributed by atoms with Gasteiger partial charge in [0.1, 0.15) is 0 Å². The van der Waals surface area contributed by atoms with Gasteiger partial charge in [-0.05, 0) is 31.9 Å². The van der Waals surface area contributed by atoms with Crippen LogP contribution in [-0.4, -0.2) is 45.4 Å². The summed E-state index contributed by atoms with van der Waals surface area (Å²) in [7, 11) is 2.04. The van der Waals surface area contributed by atoms with Gasteiger partial charge in [-0.1, -0.05) is 18.2 Å². The first-order valence-electron chi connectivity index (χ1n) is 8.27. The number of nitrogens with zero attached hydrogens (tertiary/aromatic N) is 2. The van der Waals surface area contributed by atoms with Gasteiger partial charge in [-0.15, -0.1) is 24.0 Å². The number of anilines is 1. The van der Waals surface area contributed by atoms with Gasteiger partial charge in [0.2, 0.25) is 0 Å². The second kappa shape index (κ2) is 13.1. The van der Waals surface area contributed by atoms with Crippen molar-refractivity contribution in [2.75, 3.05) is 38.1 Å². The van der Waals surface area contributed by atoms with Crippen LogP contribution in [0.25, 0.3) is 0 Å². The number of unbranched alkanes of at least 4 members (excludes halogenated alkanes) is 1. The molecule has 0 aliphatic rings. The Morgan fingerprint density at radius 2 is 1.80 bits per heavy atom. The molecule has 0 aliphatic carbocycles. The number of nitrogens with one attached hydrogen (secondary N) is 2. The lowest BCUT2D eigenvalue weighted by Gasteiger charge is -2.18. The molecule has 0 amide bonds. The Hall–Kier alpha value is -1.19. The van der Waals surface area contributed by atoms with Gasteiger partial charge < -0.3 is 15.5 Å². The van der Waals surface area contributed by atoms with Crippen molar-refractivity contribution >= 4 is 35.6 Å². The van der Waals surface area contributed by atoms with Crippen molar-refractivity contribution in [1.82, 2.24) is 10.6 Å². The van der Waals surface area contributed by atoms with Crippen LogP contribution in [0.1, 0.15) is 26.2 Å². The molecule has 8 heteroatoms. The number of para-hydroxylation sites is 1. The lowest BCUT2D eigenvalue weighted by Crippen LogP contribution is -2.39. The molecule has 1 aromatic carbocycles. The summed E-state index contributed by atoms with van der Waals surface area (Å²) in [5, 5.41) is 5.67. The van der Waals surface area contributed by atoms with Crippen LogP contribution in [0.15, 0.2) is 35.3 Å². The first kappa shape index (κ1) is 23.8. The van der Waals surface area contributed by atoms with E-state index < -0.39 is 12.6 Å². The molecule has 1 aromatic rings. The van der Waals surface area contributed by atoms with Gasteiger partial charge in [-0.2, -0.15) is 13.2 Å². The summed E-state index contributed by atoms with van der Waals surface area (Å²) in [6.07, 6.45) is -3.16. The van der Waals surface area contributed by atoms with E-state index in [1.807, 2.05) is 32.2 Å². The van der Waals surface area contributed by atoms with Gasteiger partial charge in [-0.25, -0.2) is 0 Å². The smallest absolute Gasteiger partial charge is 0.375 e. The summed E-state index contributed by atoms with van der Waals surface area (Å²) in [6, 6.07) is 10.1. The highest BCUT2D eigenvalue weighted by Crippen LogP contribution is 2.18. The quantitative estimate of drug-likeness (QED) is 0.247. The lowest BCUT2D eigenvalue weighted by molar-refractivity contribution is -0.132. The van der Waals surface area contributed by atoms with Gasteiger partial charge in [0.15, 0.2) is 5.96 Å². The molecule has 0 unspecified atom stereocenters. The predicted molar refractivity (Wildman–Crippen MR) is 109 cm³/mol. The van der Waals surface area contributed by atoms with Gasteiger partial charge in [0.05, 0.1) is 6.42 Å². The van der Waals surface area contributed by atoms with Crippen molar-refractivity contribution in [3.63, 3.8) is 0 Å². The molecule has 0 heterocycles. The van der Waals surface area contributed by atoms with Crippen LogP contribution >= 0.6 is 24.0 Å². The molecule has 144 valence electrons. The summed E-state index contributed by atoms with van der Waals surface area (Å²) < 4.78 is 36.5. The second-order valence-electron chi connectivity index (χ2n) is 5.52. The standard InChI is InChI=1S/C17H27F3N4.HI/c1-3-21-16(23-13-11-17(18,19)20)22-12-7-8-14-24(2)15-9-5-4-6-10-15;/h4-6,9-10H,3,7-8,11-14H2,1-2H3,(H2,21,22,23);1H. The molecule has 0 atom stereocenters. The number of hydrogen-bond acceptors (Lipinski definition) is 2. The highest BCUT2D eigenvalue weighted by atomic mass is 127. The molecule has 1 rings (SSSR count). The number of alkyl halides is 3. The first-order valence-corrected chi connectivity index (χ1v) is 8.27. The molecule has 0 aromatic heterocycles. The van der Waals surface area contributed by atoms with Crippen molar-refractivity contribution in [2.24, 2.45) is 4.99 Å². The maximum Gasteiger partial charge on any atom is 0.390 e. The SMILES string of the molecule is CCNC(=NCCCCN(C)c1ccccc1)NCCC(F)(F)F.I. The molecule has 0 aliphatic heterocycles. The molecule has 0 radical (unpaired) electrons. The third-order valence-corrected chi connectivity index (χ3v) is 3.41. The van der Waals surface area contributed by atoms with Gasteiger partial charge in [0, 0.05) is 38.9 Å². The fourth-order valence-corrected chi connectivity index (χ4v) is 2.13. The largest absolute Gasteiger partial charge is 0.390 e. The third-order valence-electron chi connectivity index (χ3n) is 3.41. The average Bonchev–Trinajstić information content (AvgIpc) is 2.54. The van der Waals surface area contributed by atoms with Crippen molar-refractivity contribution in [1.29, 1.82) is 0 Å². The zero-order chi connectivity index (χ0) is 17.8. The molecule has 0 saturated carbocycles. The number of rotatable bonds is 9. The summed E-state index contributed by atoms with van der Waals surface area (Å²) in [5.41, 5.74) is 1.17. The van der Waals surface area contributed by atoms with E-state index in [4.69, 9.17) is 0 Å². The number of guanidine groups is 1. The van der Waals surface area contributed by atoms with Crippen LogP contribution in [0.3, 0.4) is 0 Å². The number of halogens is 4. The molecular weight excluding hydrogens is 444 g/mol. The highest BCUT2D eigenvalue weighted by molar-refractivity contribution is 14.0. The normalized spacial score (nSPS) is 11.6. The number of aliphatic imine (C=N–C) groups is 1. The summed E-state index contributed by atoms with van der Waals surface area (Å²) >= 11 is 0. The van der Waals surface area contributed by atoms with Gasteiger partial charge in [0.25, 0.3) is 0 Å². The van der Waals surface area contributed by atoms with E-state index in [-0.39, 0.29) is 30.5 Å².